The third kappa shape index (κ3) is 3.60. The maximum absolute atomic E-state index is 13.9. The molecule has 4 aliphatic rings. The van der Waals surface area contributed by atoms with Gasteiger partial charge < -0.3 is 24.1 Å². The van der Waals surface area contributed by atoms with E-state index in [0.29, 0.717) is 12.0 Å². The van der Waals surface area contributed by atoms with E-state index in [1.165, 1.54) is 13.8 Å². The minimum Gasteiger partial charge on any atom is -0.461 e. The molecule has 0 aromatic heterocycles. The zero-order chi connectivity index (χ0) is 27.2. The summed E-state index contributed by atoms with van der Waals surface area (Å²) >= 11 is 0. The van der Waals surface area contributed by atoms with Crippen molar-refractivity contribution in [2.75, 3.05) is 6.61 Å². The summed E-state index contributed by atoms with van der Waals surface area (Å²) < 4.78 is 18.0. The van der Waals surface area contributed by atoms with Crippen molar-refractivity contribution in [2.45, 2.75) is 96.9 Å². The summed E-state index contributed by atoms with van der Waals surface area (Å²) in [6.45, 7) is 16.3. The molecule has 0 aromatic rings. The number of ether oxygens (including phenoxy) is 2. The first-order valence-electron chi connectivity index (χ1n) is 13.0. The summed E-state index contributed by atoms with van der Waals surface area (Å²) in [5.74, 6) is -3.51. The Morgan fingerprint density at radius 2 is 1.75 bits per heavy atom. The van der Waals surface area contributed by atoms with E-state index in [1.807, 2.05) is 46.5 Å². The van der Waals surface area contributed by atoms with E-state index in [0.717, 1.165) is 0 Å². The molecule has 2 N–H and O–H groups in total. The van der Waals surface area contributed by atoms with Gasteiger partial charge in [-0.15, -0.1) is 0 Å². The summed E-state index contributed by atoms with van der Waals surface area (Å²) in [5.41, 5.74) is -3.85. The van der Waals surface area contributed by atoms with E-state index in [1.54, 1.807) is 6.92 Å². The second-order valence-corrected chi connectivity index (χ2v) is 17.6. The molecular formula is C27H42O8Si. The maximum Gasteiger partial charge on any atom is 0.303 e. The predicted molar refractivity (Wildman–Crippen MR) is 134 cm³/mol. The average Bonchev–Trinajstić information content (AvgIpc) is 3.15. The number of aliphatic hydroxyl groups excluding tert-OH is 1. The number of carbonyl (C=O) groups excluding carboxylic acids is 3. The summed E-state index contributed by atoms with van der Waals surface area (Å²) in [6.07, 6.45) is 1.44. The van der Waals surface area contributed by atoms with Crippen molar-refractivity contribution in [1.82, 2.24) is 0 Å². The van der Waals surface area contributed by atoms with Crippen LogP contribution in [0.1, 0.15) is 54.4 Å². The van der Waals surface area contributed by atoms with Crippen LogP contribution in [0.25, 0.3) is 0 Å². The highest BCUT2D eigenvalue weighted by Gasteiger charge is 2.87. The standard InChI is InChI=1S/C27H42O8Si/c1-14-10-20-25(22(14)30,35-36(7,8)9)12-18(13-33-16(3)28)11-19-21-24(5,6)27(21,34-17(4)29)23(31)15(2)26(19,20)32/h11,14-15,19-21,23,31-32H,10,12-13H2,1-9H3/t14-,15+,19-,20+,21+,23+,25+,26+,27+/m0/s1. The Bertz CT molecular complexity index is 1010. The van der Waals surface area contributed by atoms with Crippen molar-refractivity contribution >= 4 is 26.0 Å². The molecule has 0 spiro atoms. The Kier molecular flexibility index (Phi) is 6.28. The first kappa shape index (κ1) is 27.5. The van der Waals surface area contributed by atoms with E-state index in [4.69, 9.17) is 13.9 Å². The zero-order valence-corrected chi connectivity index (χ0v) is 24.0. The Labute approximate surface area is 214 Å². The second kappa shape index (κ2) is 8.22. The summed E-state index contributed by atoms with van der Waals surface area (Å²) in [6, 6.07) is 0. The molecule has 36 heavy (non-hydrogen) atoms. The van der Waals surface area contributed by atoms with Crippen molar-refractivity contribution in [3.63, 3.8) is 0 Å². The van der Waals surface area contributed by atoms with Gasteiger partial charge in [-0.1, -0.05) is 33.8 Å². The highest BCUT2D eigenvalue weighted by Crippen LogP contribution is 2.77. The van der Waals surface area contributed by atoms with Crippen LogP contribution in [0.5, 0.6) is 0 Å². The third-order valence-corrected chi connectivity index (χ3v) is 10.4. The van der Waals surface area contributed by atoms with E-state index in [9.17, 15) is 24.6 Å². The molecule has 0 aliphatic heterocycles. The van der Waals surface area contributed by atoms with Crippen LogP contribution in [0.2, 0.25) is 19.6 Å². The lowest BCUT2D eigenvalue weighted by molar-refractivity contribution is -0.223. The van der Waals surface area contributed by atoms with E-state index < -0.39 is 66.3 Å². The van der Waals surface area contributed by atoms with Crippen molar-refractivity contribution < 1.29 is 38.5 Å². The molecule has 0 amide bonds. The largest absolute Gasteiger partial charge is 0.461 e. The Hall–Kier alpha value is -1.55. The molecule has 0 heterocycles. The SMILES string of the molecule is CC(=O)OCC1=C[C@H]2[C@@H]3C(C)(C)[C@]3(OC(C)=O)[C@H](O)[C@@H](C)[C@]2(O)[C@@H]2C[C@H](C)C(=O)[C@@]2(O[Si](C)(C)C)C1. The molecule has 9 heteroatoms. The van der Waals surface area contributed by atoms with Gasteiger partial charge in [-0.05, 0) is 31.6 Å². The fourth-order valence-corrected chi connectivity index (χ4v) is 9.61. The number of rotatable bonds is 5. The number of fused-ring (bicyclic) bond motifs is 5. The normalized spacial score (nSPS) is 45.0. The fourth-order valence-electron chi connectivity index (χ4n) is 8.20. The quantitative estimate of drug-likeness (QED) is 0.321. The minimum absolute atomic E-state index is 0.0161. The molecule has 0 bridgehead atoms. The average molecular weight is 523 g/mol. The van der Waals surface area contributed by atoms with E-state index >= 15 is 0 Å². The van der Waals surface area contributed by atoms with Crippen molar-refractivity contribution in [2.24, 2.45) is 35.0 Å². The lowest BCUT2D eigenvalue weighted by Crippen LogP contribution is -2.66. The first-order chi connectivity index (χ1) is 16.4. The smallest absolute Gasteiger partial charge is 0.303 e. The first-order valence-corrected chi connectivity index (χ1v) is 16.4. The second-order valence-electron chi connectivity index (χ2n) is 13.2. The monoisotopic (exact) mass is 522 g/mol. The Morgan fingerprint density at radius 1 is 1.14 bits per heavy atom. The van der Waals surface area contributed by atoms with Gasteiger partial charge in [0.15, 0.2) is 14.1 Å². The minimum atomic E-state index is -2.31. The number of aliphatic hydroxyl groups is 2. The molecule has 0 radical (unpaired) electrons. The van der Waals surface area contributed by atoms with Gasteiger partial charge in [-0.3, -0.25) is 14.4 Å². The van der Waals surface area contributed by atoms with E-state index in [2.05, 4.69) is 0 Å². The van der Waals surface area contributed by atoms with Crippen LogP contribution in [0, 0.1) is 35.0 Å². The topological polar surface area (TPSA) is 119 Å². The number of esters is 2. The van der Waals surface area contributed by atoms with Crippen LogP contribution in [0.15, 0.2) is 11.6 Å². The van der Waals surface area contributed by atoms with Gasteiger partial charge >= 0.3 is 11.9 Å². The molecule has 0 saturated heterocycles. The molecule has 0 unspecified atom stereocenters. The number of Topliss-reactive ketones (excluding diaryl/α,β-unsaturated/α-hetero) is 1. The molecule has 3 saturated carbocycles. The number of ketones is 1. The van der Waals surface area contributed by atoms with Crippen LogP contribution >= 0.6 is 0 Å². The molecule has 3 fully saturated rings. The molecule has 0 aromatic carbocycles. The van der Waals surface area contributed by atoms with Crippen molar-refractivity contribution in [3.8, 4) is 0 Å². The Balaban J connectivity index is 1.95. The molecule has 9 atom stereocenters. The van der Waals surface area contributed by atoms with Crippen molar-refractivity contribution in [3.05, 3.63) is 11.6 Å². The molecule has 4 rings (SSSR count). The van der Waals surface area contributed by atoms with Crippen LogP contribution in [-0.2, 0) is 28.3 Å². The predicted octanol–water partition coefficient (Wildman–Crippen LogP) is 3.01. The molecule has 4 aliphatic carbocycles. The molecular weight excluding hydrogens is 480 g/mol. The number of carbonyl (C=O) groups is 3. The number of hydrogen-bond donors (Lipinski definition) is 2. The van der Waals surface area contributed by atoms with E-state index in [-0.39, 0.29) is 30.6 Å². The van der Waals surface area contributed by atoms with Crippen LogP contribution in [-0.4, -0.2) is 65.8 Å². The fraction of sp³-hybridized carbons (Fsp3) is 0.815. The number of hydrogen-bond acceptors (Lipinski definition) is 8. The lowest BCUT2D eigenvalue weighted by Gasteiger charge is -2.54. The van der Waals surface area contributed by atoms with Crippen LogP contribution < -0.4 is 0 Å². The highest BCUT2D eigenvalue weighted by atomic mass is 28.4. The Morgan fingerprint density at radius 3 is 2.28 bits per heavy atom. The maximum atomic E-state index is 13.9. The zero-order valence-electron chi connectivity index (χ0n) is 23.0. The molecule has 8 nitrogen and oxygen atoms in total. The van der Waals surface area contributed by atoms with Gasteiger partial charge in [-0.2, -0.15) is 0 Å². The van der Waals surface area contributed by atoms with Crippen molar-refractivity contribution in [1.29, 1.82) is 0 Å². The summed E-state index contributed by atoms with van der Waals surface area (Å²) in [7, 11) is -2.31. The van der Waals surface area contributed by atoms with Crippen LogP contribution in [0.4, 0.5) is 0 Å². The lowest BCUT2D eigenvalue weighted by atomic mass is 9.59. The molecule has 202 valence electrons. The van der Waals surface area contributed by atoms with Gasteiger partial charge in [0, 0.05) is 55.3 Å². The van der Waals surface area contributed by atoms with Gasteiger partial charge in [0.05, 0.1) is 11.7 Å². The highest BCUT2D eigenvalue weighted by molar-refractivity contribution is 6.70. The van der Waals surface area contributed by atoms with Gasteiger partial charge in [-0.25, -0.2) is 0 Å². The van der Waals surface area contributed by atoms with Crippen LogP contribution in [0.3, 0.4) is 0 Å². The van der Waals surface area contributed by atoms with Gasteiger partial charge in [0.2, 0.25) is 0 Å². The summed E-state index contributed by atoms with van der Waals surface area (Å²) in [4.78, 5) is 37.8. The van der Waals surface area contributed by atoms with Gasteiger partial charge in [0.1, 0.15) is 17.8 Å². The van der Waals surface area contributed by atoms with Gasteiger partial charge in [0.25, 0.3) is 0 Å². The third-order valence-electron chi connectivity index (χ3n) is 9.44. The summed E-state index contributed by atoms with van der Waals surface area (Å²) in [5, 5.41) is 24.5.